The van der Waals surface area contributed by atoms with Gasteiger partial charge in [-0.3, -0.25) is 4.90 Å². The first kappa shape index (κ1) is 12.0. The van der Waals surface area contributed by atoms with Gasteiger partial charge in [0.25, 0.3) is 0 Å². The van der Waals surface area contributed by atoms with Crippen LogP contribution in [-0.2, 0) is 0 Å². The van der Waals surface area contributed by atoms with E-state index in [1.54, 1.807) is 0 Å². The molecule has 0 aromatic rings. The second-order valence-electron chi connectivity index (χ2n) is 6.67. The maximum Gasteiger partial charge on any atom is 0.0223 e. The molecule has 98 valence electrons. The lowest BCUT2D eigenvalue weighted by Crippen LogP contribution is -2.45. The van der Waals surface area contributed by atoms with Gasteiger partial charge >= 0.3 is 0 Å². The monoisotopic (exact) mass is 236 g/mol. The van der Waals surface area contributed by atoms with Crippen LogP contribution in [0.25, 0.3) is 0 Å². The SMILES string of the molecule is CC1CCCC(N2CCCNC(C3CC3)C2)C1. The number of nitrogens with one attached hydrogen (secondary N) is 1. The number of hydrogen-bond acceptors (Lipinski definition) is 2. The fraction of sp³-hybridized carbons (Fsp3) is 1.00. The molecule has 1 heterocycles. The van der Waals surface area contributed by atoms with Crippen LogP contribution in [0.15, 0.2) is 0 Å². The van der Waals surface area contributed by atoms with Crippen LogP contribution < -0.4 is 5.32 Å². The van der Waals surface area contributed by atoms with Crippen molar-refractivity contribution in [3.63, 3.8) is 0 Å². The van der Waals surface area contributed by atoms with Crippen molar-refractivity contribution < 1.29 is 0 Å². The van der Waals surface area contributed by atoms with E-state index in [4.69, 9.17) is 0 Å². The van der Waals surface area contributed by atoms with Crippen LogP contribution in [-0.4, -0.2) is 36.6 Å². The van der Waals surface area contributed by atoms with Crippen molar-refractivity contribution in [1.82, 2.24) is 10.2 Å². The molecule has 3 unspecified atom stereocenters. The van der Waals surface area contributed by atoms with Crippen LogP contribution in [0.5, 0.6) is 0 Å². The molecule has 3 fully saturated rings. The number of hydrogen-bond donors (Lipinski definition) is 1. The van der Waals surface area contributed by atoms with Crippen molar-refractivity contribution in [1.29, 1.82) is 0 Å². The zero-order valence-corrected chi connectivity index (χ0v) is 11.3. The Hall–Kier alpha value is -0.0800. The third-order valence-corrected chi connectivity index (χ3v) is 5.08. The lowest BCUT2D eigenvalue weighted by atomic mass is 9.86. The van der Waals surface area contributed by atoms with Gasteiger partial charge in [0.2, 0.25) is 0 Å². The summed E-state index contributed by atoms with van der Waals surface area (Å²) < 4.78 is 0. The zero-order chi connectivity index (χ0) is 11.7. The largest absolute Gasteiger partial charge is 0.312 e. The first-order chi connectivity index (χ1) is 8.33. The summed E-state index contributed by atoms with van der Waals surface area (Å²) in [5.74, 6) is 1.97. The van der Waals surface area contributed by atoms with Gasteiger partial charge < -0.3 is 5.32 Å². The van der Waals surface area contributed by atoms with Crippen molar-refractivity contribution in [3.8, 4) is 0 Å². The molecule has 3 aliphatic rings. The van der Waals surface area contributed by atoms with Gasteiger partial charge in [-0.15, -0.1) is 0 Å². The van der Waals surface area contributed by atoms with E-state index in [1.807, 2.05) is 0 Å². The third-order valence-electron chi connectivity index (χ3n) is 5.08. The van der Waals surface area contributed by atoms with Crippen molar-refractivity contribution in [2.24, 2.45) is 11.8 Å². The molecule has 0 aromatic heterocycles. The van der Waals surface area contributed by atoms with Gasteiger partial charge in [0.1, 0.15) is 0 Å². The summed E-state index contributed by atoms with van der Waals surface area (Å²) in [4.78, 5) is 2.83. The average molecular weight is 236 g/mol. The minimum absolute atomic E-state index is 0.815. The minimum Gasteiger partial charge on any atom is -0.312 e. The molecule has 2 nitrogen and oxygen atoms in total. The third kappa shape index (κ3) is 3.03. The highest BCUT2D eigenvalue weighted by Crippen LogP contribution is 2.35. The van der Waals surface area contributed by atoms with Crippen LogP contribution in [0.1, 0.15) is 51.9 Å². The second kappa shape index (κ2) is 5.27. The normalized spacial score (nSPS) is 41.1. The lowest BCUT2D eigenvalue weighted by molar-refractivity contribution is 0.129. The molecule has 3 rings (SSSR count). The van der Waals surface area contributed by atoms with Gasteiger partial charge in [0, 0.05) is 18.6 Å². The Bertz CT molecular complexity index is 249. The average Bonchev–Trinajstić information content (AvgIpc) is 3.15. The van der Waals surface area contributed by atoms with Gasteiger partial charge in [-0.05, 0) is 57.0 Å². The standard InChI is InChI=1S/C15H28N2/c1-12-4-2-5-14(10-12)17-9-3-8-16-15(11-17)13-6-7-13/h12-16H,2-11H2,1H3. The molecule has 0 spiro atoms. The summed E-state index contributed by atoms with van der Waals surface area (Å²) in [5, 5.41) is 3.78. The molecule has 1 saturated heterocycles. The predicted octanol–water partition coefficient (Wildman–Crippen LogP) is 2.64. The fourth-order valence-corrected chi connectivity index (χ4v) is 3.86. The molecule has 2 aliphatic carbocycles. The molecule has 0 bridgehead atoms. The van der Waals surface area contributed by atoms with Crippen molar-refractivity contribution in [3.05, 3.63) is 0 Å². The van der Waals surface area contributed by atoms with Crippen molar-refractivity contribution >= 4 is 0 Å². The van der Waals surface area contributed by atoms with Crippen LogP contribution in [0.2, 0.25) is 0 Å². The molecule has 0 aromatic carbocycles. The van der Waals surface area contributed by atoms with Gasteiger partial charge in [-0.2, -0.15) is 0 Å². The summed E-state index contributed by atoms with van der Waals surface area (Å²) in [5.41, 5.74) is 0. The Kier molecular flexibility index (Phi) is 3.72. The van der Waals surface area contributed by atoms with Gasteiger partial charge in [0.05, 0.1) is 0 Å². The highest BCUT2D eigenvalue weighted by atomic mass is 15.2. The number of rotatable bonds is 2. The Labute approximate surface area is 106 Å². The van der Waals surface area contributed by atoms with Crippen molar-refractivity contribution in [2.45, 2.75) is 64.0 Å². The van der Waals surface area contributed by atoms with Crippen LogP contribution >= 0.6 is 0 Å². The summed E-state index contributed by atoms with van der Waals surface area (Å²) in [6, 6.07) is 1.72. The smallest absolute Gasteiger partial charge is 0.0223 e. The molecule has 1 aliphatic heterocycles. The summed E-state index contributed by atoms with van der Waals surface area (Å²) in [6.45, 7) is 6.37. The van der Waals surface area contributed by atoms with Crippen molar-refractivity contribution in [2.75, 3.05) is 19.6 Å². The van der Waals surface area contributed by atoms with E-state index in [0.29, 0.717) is 0 Å². The zero-order valence-electron chi connectivity index (χ0n) is 11.3. The predicted molar refractivity (Wildman–Crippen MR) is 72.1 cm³/mol. The van der Waals surface area contributed by atoms with Gasteiger partial charge in [-0.1, -0.05) is 19.8 Å². The summed E-state index contributed by atoms with van der Waals surface area (Å²) >= 11 is 0. The Morgan fingerprint density at radius 1 is 1.06 bits per heavy atom. The number of nitrogens with zero attached hydrogens (tertiary/aromatic N) is 1. The minimum atomic E-state index is 0.815. The highest BCUT2D eigenvalue weighted by molar-refractivity contribution is 4.92. The van der Waals surface area contributed by atoms with E-state index < -0.39 is 0 Å². The van der Waals surface area contributed by atoms with E-state index in [9.17, 15) is 0 Å². The molecule has 0 amide bonds. The molecule has 3 atom stereocenters. The molecule has 1 N–H and O–H groups in total. The Balaban J connectivity index is 1.59. The van der Waals surface area contributed by atoms with E-state index >= 15 is 0 Å². The van der Waals surface area contributed by atoms with Gasteiger partial charge in [0.15, 0.2) is 0 Å². The summed E-state index contributed by atoms with van der Waals surface area (Å²) in [6.07, 6.45) is 10.2. The van der Waals surface area contributed by atoms with Gasteiger partial charge in [-0.25, -0.2) is 0 Å². The molecule has 0 radical (unpaired) electrons. The van der Waals surface area contributed by atoms with Crippen LogP contribution in [0.3, 0.4) is 0 Å². The quantitative estimate of drug-likeness (QED) is 0.793. The highest BCUT2D eigenvalue weighted by Gasteiger charge is 2.35. The molecular weight excluding hydrogens is 208 g/mol. The van der Waals surface area contributed by atoms with E-state index in [1.165, 1.54) is 64.6 Å². The molecule has 2 heteroatoms. The lowest BCUT2D eigenvalue weighted by Gasteiger charge is -2.37. The second-order valence-corrected chi connectivity index (χ2v) is 6.67. The topological polar surface area (TPSA) is 15.3 Å². The summed E-state index contributed by atoms with van der Waals surface area (Å²) in [7, 11) is 0. The van der Waals surface area contributed by atoms with Crippen LogP contribution in [0, 0.1) is 11.8 Å². The maximum absolute atomic E-state index is 3.78. The Morgan fingerprint density at radius 3 is 2.71 bits per heavy atom. The molecule has 2 saturated carbocycles. The molecular formula is C15H28N2. The first-order valence-electron chi connectivity index (χ1n) is 7.80. The first-order valence-corrected chi connectivity index (χ1v) is 7.80. The van der Waals surface area contributed by atoms with E-state index in [2.05, 4.69) is 17.1 Å². The van der Waals surface area contributed by atoms with E-state index in [0.717, 1.165) is 23.9 Å². The Morgan fingerprint density at radius 2 is 1.94 bits per heavy atom. The maximum atomic E-state index is 3.78. The van der Waals surface area contributed by atoms with Crippen LogP contribution in [0.4, 0.5) is 0 Å². The van der Waals surface area contributed by atoms with E-state index in [-0.39, 0.29) is 0 Å². The fourth-order valence-electron chi connectivity index (χ4n) is 3.86. The molecule has 17 heavy (non-hydrogen) atoms.